The van der Waals surface area contributed by atoms with E-state index in [9.17, 15) is 9.59 Å². The summed E-state index contributed by atoms with van der Waals surface area (Å²) >= 11 is 0. The Bertz CT molecular complexity index is 767. The molecule has 0 aromatic heterocycles. The highest BCUT2D eigenvalue weighted by Crippen LogP contribution is 2.19. The third-order valence-electron chi connectivity index (χ3n) is 4.59. The monoisotopic (exact) mass is 398 g/mol. The third kappa shape index (κ3) is 7.98. The molecular formula is C24H30O5. The zero-order valence-electron chi connectivity index (χ0n) is 17.3. The fourth-order valence-electron chi connectivity index (χ4n) is 2.89. The number of benzene rings is 2. The minimum Gasteiger partial charge on any atom is -0.497 e. The van der Waals surface area contributed by atoms with Crippen molar-refractivity contribution in [1.82, 2.24) is 0 Å². The van der Waals surface area contributed by atoms with Crippen LogP contribution in [0.25, 0.3) is 0 Å². The van der Waals surface area contributed by atoms with Crippen LogP contribution in [0.15, 0.2) is 48.5 Å². The van der Waals surface area contributed by atoms with Gasteiger partial charge in [0, 0.05) is 0 Å². The molecule has 0 heterocycles. The van der Waals surface area contributed by atoms with Crippen molar-refractivity contribution in [2.45, 2.75) is 51.9 Å². The Kier molecular flexibility index (Phi) is 9.76. The summed E-state index contributed by atoms with van der Waals surface area (Å²) in [5, 5.41) is 0. The lowest BCUT2D eigenvalue weighted by Gasteiger charge is -2.08. The van der Waals surface area contributed by atoms with Crippen molar-refractivity contribution in [3.63, 3.8) is 0 Å². The van der Waals surface area contributed by atoms with Crippen LogP contribution in [-0.4, -0.2) is 25.7 Å². The number of methoxy groups -OCH3 is 1. The van der Waals surface area contributed by atoms with Gasteiger partial charge in [0.05, 0.1) is 24.8 Å². The average Bonchev–Trinajstić information content (AvgIpc) is 2.76. The van der Waals surface area contributed by atoms with Gasteiger partial charge in [-0.3, -0.25) is 0 Å². The van der Waals surface area contributed by atoms with Gasteiger partial charge in [0.2, 0.25) is 0 Å². The van der Waals surface area contributed by atoms with Crippen molar-refractivity contribution < 1.29 is 23.8 Å². The molecule has 0 bridgehead atoms. The number of rotatable bonds is 12. The maximum Gasteiger partial charge on any atom is 0.343 e. The summed E-state index contributed by atoms with van der Waals surface area (Å²) in [5.41, 5.74) is 0.642. The lowest BCUT2D eigenvalue weighted by molar-refractivity contribution is 0.0497. The normalized spacial score (nSPS) is 10.4. The summed E-state index contributed by atoms with van der Waals surface area (Å²) in [6, 6.07) is 13.1. The zero-order chi connectivity index (χ0) is 20.9. The van der Waals surface area contributed by atoms with Gasteiger partial charge in [0.25, 0.3) is 0 Å². The van der Waals surface area contributed by atoms with Crippen molar-refractivity contribution in [2.24, 2.45) is 0 Å². The van der Waals surface area contributed by atoms with Crippen LogP contribution in [-0.2, 0) is 4.74 Å². The molecule has 2 aromatic carbocycles. The van der Waals surface area contributed by atoms with Gasteiger partial charge in [0.15, 0.2) is 0 Å². The summed E-state index contributed by atoms with van der Waals surface area (Å²) in [7, 11) is 1.57. The second-order valence-electron chi connectivity index (χ2n) is 6.90. The molecule has 0 aliphatic rings. The summed E-state index contributed by atoms with van der Waals surface area (Å²) < 4.78 is 15.7. The van der Waals surface area contributed by atoms with Crippen LogP contribution in [0.1, 0.15) is 72.6 Å². The van der Waals surface area contributed by atoms with Gasteiger partial charge in [-0.2, -0.15) is 0 Å². The lowest BCUT2D eigenvalue weighted by Crippen LogP contribution is -2.11. The highest BCUT2D eigenvalue weighted by molar-refractivity contribution is 5.96. The number of ether oxygens (including phenoxy) is 3. The minimum absolute atomic E-state index is 0.297. The summed E-state index contributed by atoms with van der Waals surface area (Å²) in [6.07, 6.45) is 8.12. The Balaban J connectivity index is 1.79. The molecule has 0 fully saturated rings. The molecular weight excluding hydrogens is 368 g/mol. The molecule has 5 heteroatoms. The lowest BCUT2D eigenvalue weighted by atomic mass is 10.1. The van der Waals surface area contributed by atoms with Crippen LogP contribution < -0.4 is 9.47 Å². The molecule has 0 unspecified atom stereocenters. The molecule has 0 saturated carbocycles. The number of hydrogen-bond acceptors (Lipinski definition) is 5. The van der Waals surface area contributed by atoms with Crippen LogP contribution in [0.3, 0.4) is 0 Å². The SMILES string of the molecule is CCCCCCCCCOC(=O)c1cccc(C(=O)Oc2ccc(OC)cc2)c1. The maximum atomic E-state index is 12.3. The highest BCUT2D eigenvalue weighted by atomic mass is 16.5. The molecule has 2 rings (SSSR count). The first-order valence-corrected chi connectivity index (χ1v) is 10.3. The largest absolute Gasteiger partial charge is 0.497 e. The Labute approximate surface area is 173 Å². The van der Waals surface area contributed by atoms with Crippen molar-refractivity contribution >= 4 is 11.9 Å². The summed E-state index contributed by atoms with van der Waals surface area (Å²) in [6.45, 7) is 2.60. The van der Waals surface area contributed by atoms with E-state index < -0.39 is 11.9 Å². The molecule has 156 valence electrons. The van der Waals surface area contributed by atoms with E-state index in [1.165, 1.54) is 38.2 Å². The smallest absolute Gasteiger partial charge is 0.343 e. The predicted octanol–water partition coefficient (Wildman–Crippen LogP) is 5.82. The van der Waals surface area contributed by atoms with E-state index in [0.29, 0.717) is 29.2 Å². The summed E-state index contributed by atoms with van der Waals surface area (Å²) in [4.78, 5) is 24.6. The molecule has 5 nitrogen and oxygen atoms in total. The number of unbranched alkanes of at least 4 members (excludes halogenated alkanes) is 6. The van der Waals surface area contributed by atoms with Crippen LogP contribution in [0.2, 0.25) is 0 Å². The van der Waals surface area contributed by atoms with Crippen LogP contribution in [0, 0.1) is 0 Å². The molecule has 0 N–H and O–H groups in total. The van der Waals surface area contributed by atoms with Gasteiger partial charge in [-0.05, 0) is 48.9 Å². The molecule has 0 saturated heterocycles. The second kappa shape index (κ2) is 12.6. The molecule has 2 aromatic rings. The molecule has 0 atom stereocenters. The first-order valence-electron chi connectivity index (χ1n) is 10.3. The molecule has 0 aliphatic heterocycles. The topological polar surface area (TPSA) is 61.8 Å². The van der Waals surface area contributed by atoms with E-state index in [4.69, 9.17) is 14.2 Å². The van der Waals surface area contributed by atoms with Crippen LogP contribution in [0.4, 0.5) is 0 Å². The van der Waals surface area contributed by atoms with E-state index in [-0.39, 0.29) is 0 Å². The van der Waals surface area contributed by atoms with Crippen molar-refractivity contribution in [2.75, 3.05) is 13.7 Å². The number of esters is 2. The number of hydrogen-bond donors (Lipinski definition) is 0. The van der Waals surface area contributed by atoms with Gasteiger partial charge < -0.3 is 14.2 Å². The van der Waals surface area contributed by atoms with Crippen molar-refractivity contribution in [3.05, 3.63) is 59.7 Å². The van der Waals surface area contributed by atoms with Gasteiger partial charge >= 0.3 is 11.9 Å². The van der Waals surface area contributed by atoms with E-state index in [1.54, 1.807) is 49.6 Å². The highest BCUT2D eigenvalue weighted by Gasteiger charge is 2.13. The minimum atomic E-state index is -0.531. The van der Waals surface area contributed by atoms with Gasteiger partial charge in [-0.15, -0.1) is 0 Å². The van der Waals surface area contributed by atoms with Gasteiger partial charge in [0.1, 0.15) is 11.5 Å². The Morgan fingerprint density at radius 3 is 2.00 bits per heavy atom. The molecule has 0 amide bonds. The first-order chi connectivity index (χ1) is 14.1. The fourth-order valence-corrected chi connectivity index (χ4v) is 2.89. The first kappa shape index (κ1) is 22.5. The van der Waals surface area contributed by atoms with Crippen molar-refractivity contribution in [1.29, 1.82) is 0 Å². The second-order valence-corrected chi connectivity index (χ2v) is 6.90. The molecule has 0 spiro atoms. The van der Waals surface area contributed by atoms with E-state index in [0.717, 1.165) is 12.8 Å². The molecule has 0 radical (unpaired) electrons. The van der Waals surface area contributed by atoms with Gasteiger partial charge in [-0.1, -0.05) is 51.5 Å². The maximum absolute atomic E-state index is 12.3. The summed E-state index contributed by atoms with van der Waals surface area (Å²) in [5.74, 6) is 0.130. The zero-order valence-corrected chi connectivity index (χ0v) is 17.3. The number of carbonyl (C=O) groups excluding carboxylic acids is 2. The Hall–Kier alpha value is -2.82. The van der Waals surface area contributed by atoms with Crippen LogP contribution in [0.5, 0.6) is 11.5 Å². The number of carbonyl (C=O) groups is 2. The molecule has 29 heavy (non-hydrogen) atoms. The third-order valence-corrected chi connectivity index (χ3v) is 4.59. The average molecular weight is 398 g/mol. The van der Waals surface area contributed by atoms with Crippen molar-refractivity contribution in [3.8, 4) is 11.5 Å². The fraction of sp³-hybridized carbons (Fsp3) is 0.417. The van der Waals surface area contributed by atoms with Crippen LogP contribution >= 0.6 is 0 Å². The van der Waals surface area contributed by atoms with E-state index in [1.807, 2.05) is 0 Å². The predicted molar refractivity (Wildman–Crippen MR) is 113 cm³/mol. The van der Waals surface area contributed by atoms with E-state index >= 15 is 0 Å². The standard InChI is InChI=1S/C24H30O5/c1-3-4-5-6-7-8-9-17-28-23(25)19-11-10-12-20(18-19)24(26)29-22-15-13-21(27-2)14-16-22/h10-16,18H,3-9,17H2,1-2H3. The molecule has 0 aliphatic carbocycles. The Morgan fingerprint density at radius 2 is 1.34 bits per heavy atom. The van der Waals surface area contributed by atoms with E-state index in [2.05, 4.69) is 6.92 Å². The Morgan fingerprint density at radius 1 is 0.759 bits per heavy atom. The van der Waals surface area contributed by atoms with Gasteiger partial charge in [-0.25, -0.2) is 9.59 Å². The quantitative estimate of drug-likeness (QED) is 0.256.